The van der Waals surface area contributed by atoms with Gasteiger partial charge in [-0.05, 0) is 45.4 Å². The lowest BCUT2D eigenvalue weighted by Gasteiger charge is -2.16. The molecule has 1 amide bonds. The van der Waals surface area contributed by atoms with E-state index in [0.29, 0.717) is 19.3 Å². The van der Waals surface area contributed by atoms with E-state index >= 15 is 0 Å². The number of carbonyl (C=O) groups excluding carboxylic acids is 1. The number of rotatable bonds is 18. The largest absolute Gasteiger partial charge is 0.480 e. The molecule has 0 aliphatic heterocycles. The number of nitrogens with one attached hydrogen (secondary N) is 1. The van der Waals surface area contributed by atoms with Crippen molar-refractivity contribution in [1.82, 2.24) is 5.32 Å². The van der Waals surface area contributed by atoms with Gasteiger partial charge in [-0.15, -0.1) is 0 Å². The molecule has 0 aliphatic rings. The molecule has 0 saturated heterocycles. The highest BCUT2D eigenvalue weighted by atomic mass is 16.4. The molecular formula is C21H39NO7. The number of aliphatic hydroxyl groups is 4. The average Bonchev–Trinajstić information content (AvgIpc) is 2.66. The van der Waals surface area contributed by atoms with Crippen molar-refractivity contribution in [1.29, 1.82) is 0 Å². The van der Waals surface area contributed by atoms with Crippen molar-refractivity contribution in [3.05, 3.63) is 12.2 Å². The molecule has 0 aromatic heterocycles. The molecular weight excluding hydrogens is 378 g/mol. The first-order chi connectivity index (χ1) is 13.8. The minimum absolute atomic E-state index is 0.217. The number of allylic oxidation sites excluding steroid dienone is 1. The summed E-state index contributed by atoms with van der Waals surface area (Å²) in [5, 5.41) is 49.0. The Morgan fingerprint density at radius 3 is 2.17 bits per heavy atom. The van der Waals surface area contributed by atoms with Crippen LogP contribution < -0.4 is 5.32 Å². The van der Waals surface area contributed by atoms with Gasteiger partial charge in [-0.3, -0.25) is 4.79 Å². The molecule has 0 aromatic carbocycles. The van der Waals surface area contributed by atoms with E-state index in [1.165, 1.54) is 0 Å². The van der Waals surface area contributed by atoms with E-state index < -0.39 is 30.8 Å². The third-order valence-electron chi connectivity index (χ3n) is 4.70. The van der Waals surface area contributed by atoms with Crippen molar-refractivity contribution in [2.24, 2.45) is 0 Å². The van der Waals surface area contributed by atoms with Crippen LogP contribution in [0.1, 0.15) is 77.6 Å². The summed E-state index contributed by atoms with van der Waals surface area (Å²) in [6.07, 6.45) is 9.68. The van der Waals surface area contributed by atoms with Gasteiger partial charge in [0.05, 0.1) is 24.9 Å². The van der Waals surface area contributed by atoms with Crippen LogP contribution in [0.25, 0.3) is 0 Å². The topological polar surface area (TPSA) is 147 Å². The van der Waals surface area contributed by atoms with E-state index in [0.717, 1.165) is 44.9 Å². The number of aliphatic carboxylic acids is 1. The van der Waals surface area contributed by atoms with E-state index in [2.05, 4.69) is 5.32 Å². The van der Waals surface area contributed by atoms with E-state index in [4.69, 9.17) is 15.3 Å². The van der Waals surface area contributed by atoms with Gasteiger partial charge in [0.2, 0.25) is 5.91 Å². The Kier molecular flexibility index (Phi) is 16.5. The van der Waals surface area contributed by atoms with Gasteiger partial charge >= 0.3 is 5.97 Å². The number of unbranched alkanes of at least 4 members (excludes halogenated alkanes) is 5. The van der Waals surface area contributed by atoms with Crippen LogP contribution >= 0.6 is 0 Å². The Morgan fingerprint density at radius 2 is 1.55 bits per heavy atom. The van der Waals surface area contributed by atoms with Gasteiger partial charge in [0.1, 0.15) is 6.04 Å². The van der Waals surface area contributed by atoms with Crippen LogP contribution in [-0.4, -0.2) is 68.4 Å². The van der Waals surface area contributed by atoms with Crippen molar-refractivity contribution >= 4 is 11.9 Å². The van der Waals surface area contributed by atoms with Crippen LogP contribution in [-0.2, 0) is 9.59 Å². The first-order valence-corrected chi connectivity index (χ1v) is 10.6. The molecule has 0 heterocycles. The summed E-state index contributed by atoms with van der Waals surface area (Å²) in [6.45, 7) is 1.13. The molecule has 29 heavy (non-hydrogen) atoms. The van der Waals surface area contributed by atoms with Gasteiger partial charge < -0.3 is 30.8 Å². The van der Waals surface area contributed by atoms with Crippen LogP contribution in [0.2, 0.25) is 0 Å². The highest BCUT2D eigenvalue weighted by Crippen LogP contribution is 2.13. The van der Waals surface area contributed by atoms with Gasteiger partial charge in [-0.1, -0.05) is 37.8 Å². The number of hydrogen-bond donors (Lipinski definition) is 6. The quantitative estimate of drug-likeness (QED) is 0.146. The minimum atomic E-state index is -1.26. The summed E-state index contributed by atoms with van der Waals surface area (Å²) in [4.78, 5) is 22.3. The van der Waals surface area contributed by atoms with E-state index in [1.54, 1.807) is 6.92 Å². The zero-order valence-corrected chi connectivity index (χ0v) is 17.5. The molecule has 8 nitrogen and oxygen atoms in total. The van der Waals surface area contributed by atoms with Crippen LogP contribution in [0.5, 0.6) is 0 Å². The maximum atomic E-state index is 11.6. The van der Waals surface area contributed by atoms with Crippen molar-refractivity contribution in [3.63, 3.8) is 0 Å². The molecule has 0 spiro atoms. The first kappa shape index (κ1) is 27.5. The van der Waals surface area contributed by atoms with Crippen LogP contribution in [0.3, 0.4) is 0 Å². The predicted octanol–water partition coefficient (Wildman–Crippen LogP) is 1.50. The second-order valence-electron chi connectivity index (χ2n) is 7.57. The molecule has 8 heteroatoms. The lowest BCUT2D eigenvalue weighted by atomic mass is 10.0. The van der Waals surface area contributed by atoms with E-state index in [-0.39, 0.29) is 18.4 Å². The molecule has 0 saturated carbocycles. The van der Waals surface area contributed by atoms with E-state index in [1.807, 2.05) is 12.2 Å². The van der Waals surface area contributed by atoms with Crippen LogP contribution in [0, 0.1) is 0 Å². The second kappa shape index (κ2) is 17.4. The lowest BCUT2D eigenvalue weighted by molar-refractivity contribution is -0.142. The molecule has 6 N–H and O–H groups in total. The zero-order chi connectivity index (χ0) is 22.1. The number of hydrogen-bond acceptors (Lipinski definition) is 6. The number of amides is 1. The van der Waals surface area contributed by atoms with Crippen molar-refractivity contribution in [3.8, 4) is 0 Å². The maximum Gasteiger partial charge on any atom is 0.328 e. The minimum Gasteiger partial charge on any atom is -0.480 e. The molecule has 0 aliphatic carbocycles. The number of aliphatic hydroxyl groups excluding tert-OH is 4. The molecule has 4 atom stereocenters. The fourth-order valence-corrected chi connectivity index (χ4v) is 2.86. The van der Waals surface area contributed by atoms with Gasteiger partial charge in [-0.2, -0.15) is 0 Å². The Hall–Kier alpha value is -1.48. The Labute approximate surface area is 173 Å². The van der Waals surface area contributed by atoms with Crippen LogP contribution in [0.15, 0.2) is 12.2 Å². The summed E-state index contributed by atoms with van der Waals surface area (Å²) >= 11 is 0. The number of carboxylic acids is 1. The van der Waals surface area contributed by atoms with Crippen molar-refractivity contribution in [2.75, 3.05) is 6.61 Å². The number of carboxylic acid groups (broad SMARTS) is 1. The van der Waals surface area contributed by atoms with Crippen molar-refractivity contribution < 1.29 is 35.1 Å². The summed E-state index contributed by atoms with van der Waals surface area (Å²) in [7, 11) is 0. The van der Waals surface area contributed by atoms with Crippen molar-refractivity contribution in [2.45, 2.75) is 102 Å². The smallest absolute Gasteiger partial charge is 0.328 e. The molecule has 0 radical (unpaired) electrons. The fourth-order valence-electron chi connectivity index (χ4n) is 2.86. The molecule has 0 bridgehead atoms. The van der Waals surface area contributed by atoms with Gasteiger partial charge in [0.25, 0.3) is 0 Å². The SMILES string of the molecule is CC(O)CCC/C=C\CC(O)C(O)CCCCCCCC(=O)NC(CO)C(=O)O. The molecule has 4 unspecified atom stereocenters. The summed E-state index contributed by atoms with van der Waals surface area (Å²) in [5.74, 6) is -1.64. The molecule has 0 aromatic rings. The van der Waals surface area contributed by atoms with Gasteiger partial charge in [0, 0.05) is 6.42 Å². The predicted molar refractivity (Wildman–Crippen MR) is 110 cm³/mol. The third kappa shape index (κ3) is 16.0. The second-order valence-corrected chi connectivity index (χ2v) is 7.57. The summed E-state index contributed by atoms with van der Waals surface area (Å²) < 4.78 is 0. The van der Waals surface area contributed by atoms with Gasteiger partial charge in [-0.25, -0.2) is 4.79 Å². The molecule has 170 valence electrons. The summed E-state index contributed by atoms with van der Waals surface area (Å²) in [6, 6.07) is -1.26. The first-order valence-electron chi connectivity index (χ1n) is 10.6. The average molecular weight is 418 g/mol. The monoisotopic (exact) mass is 417 g/mol. The third-order valence-corrected chi connectivity index (χ3v) is 4.70. The maximum absolute atomic E-state index is 11.6. The molecule has 0 fully saturated rings. The van der Waals surface area contributed by atoms with Crippen LogP contribution in [0.4, 0.5) is 0 Å². The standard InChI is InChI=1S/C21H39NO7/c1-16(24)11-7-5-6-9-13-19(26)18(25)12-8-3-2-4-10-14-20(27)22-17(15-23)21(28)29/h6,9,16-19,23-26H,2-5,7-8,10-15H2,1H3,(H,22,27)(H,28,29)/b9-6-. The summed E-state index contributed by atoms with van der Waals surface area (Å²) in [5.41, 5.74) is 0. The molecule has 0 rings (SSSR count). The Bertz CT molecular complexity index is 468. The fraction of sp³-hybridized carbons (Fsp3) is 0.810. The number of carbonyl (C=O) groups is 2. The lowest BCUT2D eigenvalue weighted by Crippen LogP contribution is -2.43. The Morgan fingerprint density at radius 1 is 0.897 bits per heavy atom. The highest BCUT2D eigenvalue weighted by molar-refractivity contribution is 5.83. The van der Waals surface area contributed by atoms with E-state index in [9.17, 15) is 19.8 Å². The van der Waals surface area contributed by atoms with Gasteiger partial charge in [0.15, 0.2) is 0 Å². The zero-order valence-electron chi connectivity index (χ0n) is 17.5. The Balaban J connectivity index is 3.67. The highest BCUT2D eigenvalue weighted by Gasteiger charge is 2.18. The normalized spacial score (nSPS) is 15.8.